The van der Waals surface area contributed by atoms with Gasteiger partial charge in [0.05, 0.1) is 115 Å². The Hall–Kier alpha value is -9.21. The second-order valence-electron chi connectivity index (χ2n) is 35.4. The molecule has 0 spiro atoms. The highest BCUT2D eigenvalue weighted by molar-refractivity contribution is 8.77. The summed E-state index contributed by atoms with van der Waals surface area (Å²) in [5, 5.41) is 66.8. The molecule has 0 radical (unpaired) electrons. The van der Waals surface area contributed by atoms with Gasteiger partial charge in [-0.1, -0.05) is 177 Å². The van der Waals surface area contributed by atoms with Gasteiger partial charge >= 0.3 is 12.1 Å². The number of Topliss-reactive ketones (excluding diaryl/α,β-unsaturated/α-hetero) is 1. The number of hydrogen-bond donors (Lipinski definition) is 13. The van der Waals surface area contributed by atoms with E-state index in [1.54, 1.807) is 98.8 Å². The number of carbonyl (C=O) groups is 12. The number of aliphatic hydroxyl groups is 4. The van der Waals surface area contributed by atoms with E-state index in [4.69, 9.17) is 60.0 Å². The molecular weight excluding hydrogens is 1880 g/mol. The van der Waals surface area contributed by atoms with Gasteiger partial charge in [0.25, 0.3) is 0 Å². The molecule has 0 aromatic heterocycles. The Morgan fingerprint density at radius 1 is 0.768 bits per heavy atom. The summed E-state index contributed by atoms with van der Waals surface area (Å²) in [5.74, 6) is -10.6. The van der Waals surface area contributed by atoms with Crippen molar-refractivity contribution < 1.29 is 121 Å². The lowest BCUT2D eigenvalue weighted by atomic mass is 9.57. The number of carbonyl (C=O) groups excluding carboxylic acids is 12. The third-order valence-electron chi connectivity index (χ3n) is 25.5. The van der Waals surface area contributed by atoms with E-state index < -0.39 is 198 Å². The van der Waals surface area contributed by atoms with Crippen LogP contribution in [0.25, 0.3) is 5.57 Å². The first-order chi connectivity index (χ1) is 66.1. The van der Waals surface area contributed by atoms with E-state index in [1.165, 1.54) is 80.5 Å². The van der Waals surface area contributed by atoms with Crippen LogP contribution in [0.1, 0.15) is 121 Å². The van der Waals surface area contributed by atoms with E-state index in [0.717, 1.165) is 49.4 Å². The first-order valence-corrected chi connectivity index (χ1v) is 51.8. The number of nitrogens with two attached hydrogens (primary N) is 1. The van der Waals surface area contributed by atoms with E-state index in [1.807, 2.05) is 43.3 Å². The number of rotatable bonds is 42. The van der Waals surface area contributed by atoms with Gasteiger partial charge in [-0.2, -0.15) is 0 Å². The van der Waals surface area contributed by atoms with Gasteiger partial charge in [-0.25, -0.2) is 9.59 Å². The van der Waals surface area contributed by atoms with Crippen molar-refractivity contribution in [3.63, 3.8) is 0 Å². The van der Waals surface area contributed by atoms with Crippen molar-refractivity contribution in [2.45, 2.75) is 214 Å². The van der Waals surface area contributed by atoms with E-state index in [2.05, 4.69) is 42.5 Å². The summed E-state index contributed by atoms with van der Waals surface area (Å²) in [4.78, 5) is 178. The van der Waals surface area contributed by atoms with Gasteiger partial charge in [0, 0.05) is 88.2 Å². The molecule has 4 fully saturated rings. The number of methoxy groups -OCH3 is 2. The molecule has 36 nitrogen and oxygen atoms in total. The number of unbranched alkanes of at least 4 members (excludes halogenated alkanes) is 1. The van der Waals surface area contributed by atoms with Gasteiger partial charge in [0.15, 0.2) is 17.1 Å². The molecule has 4 heterocycles. The van der Waals surface area contributed by atoms with Crippen molar-refractivity contribution in [2.24, 2.45) is 23.5 Å². The zero-order chi connectivity index (χ0) is 100.0. The Labute approximate surface area is 825 Å². The Balaban J connectivity index is 0.699. The highest BCUT2D eigenvalue weighted by atomic mass is 35.5. The van der Waals surface area contributed by atoms with Crippen LogP contribution in [0.5, 0.6) is 5.75 Å². The van der Waals surface area contributed by atoms with Gasteiger partial charge < -0.3 is 116 Å². The van der Waals surface area contributed by atoms with Crippen LogP contribution in [-0.2, 0) is 116 Å². The minimum absolute atomic E-state index is 0.00248. The third-order valence-corrected chi connectivity index (χ3v) is 30.7. The van der Waals surface area contributed by atoms with Crippen molar-refractivity contribution in [1.29, 1.82) is 0 Å². The molecule has 4 aliphatic heterocycles. The maximum Gasteiger partial charge on any atom is 0.409 e. The van der Waals surface area contributed by atoms with Gasteiger partial charge in [0.1, 0.15) is 64.8 Å². The number of esters is 1. The Kier molecular flexibility index (Phi) is 43.0. The second kappa shape index (κ2) is 53.6. The molecule has 19 atom stereocenters. The minimum atomic E-state index is -2.39. The lowest BCUT2D eigenvalue weighted by Crippen LogP contribution is -2.79. The van der Waals surface area contributed by atoms with Gasteiger partial charge in [-0.3, -0.25) is 53.3 Å². The summed E-state index contributed by atoms with van der Waals surface area (Å²) in [6.45, 7) is 10.6. The number of anilines is 1. The molecule has 3 saturated heterocycles. The Bertz CT molecular complexity index is 4940. The molecule has 41 heteroatoms. The largest absolute Gasteiger partial charge is 0.495 e. The number of ketones is 1. The third kappa shape index (κ3) is 30.0. The van der Waals surface area contributed by atoms with Gasteiger partial charge in [0.2, 0.25) is 53.2 Å². The molecule has 1 unspecified atom stereocenters. The molecular formula is C97H132ClN11O25S4. The second-order valence-corrected chi connectivity index (χ2v) is 41.0. The topological polar surface area (TPSA) is 501 Å². The standard InChI is InChI=1S/C97H132ClN11O25S4/c1-57-22-21-30-78(127-10)97(125)85-84(132-94(124)107-97)58(2)86-95(6,133-86)96(85,53-81(116)109(8)75-49-64(46-57)50-77(126-9)82(75)98)134-93(123)59(3)108(7)80(115)34-44-135-136-45-43-131-42-41-130-40-39-129-38-37-128-36-33-79(114)100-70(48-63-25-15-12-16-26-63)89(119)104-73-55-137-138-56-74(91(121)103-72(54-110)60(4)111)105-92(122)83(61(5)112)106-88(118)69(29-19-20-35-99)101-90(120)71(51-66-32-31-65-27-17-18-28-68(65)66)102-87(117)67(52-76(73)113)47-62-23-13-11-14-24-62/h11-18,21-28,30,32,49-50,58-61,67,69-74,78,83-86,110-112,125H,19-20,29,31,33-48,51-56,99H2,1-10H3,(H,100,114)(H,101,120)(H,102,117)(H,103,121)(H,104,119)(H,105,122)(H,106,118)(H,107,124)/b30-21+,57-22+/t58-,59+,60-,61-,67-,69+,70-,71-,72-,73+,74+,78-,83+,84-,85?,86+,95-,96-,97-/m1/s1. The highest BCUT2D eigenvalue weighted by Crippen LogP contribution is 2.65. The van der Waals surface area contributed by atoms with Crippen LogP contribution >= 0.6 is 54.8 Å². The maximum absolute atomic E-state index is 15.4. The number of epoxide rings is 1. The monoisotopic (exact) mass is 2010 g/mol. The summed E-state index contributed by atoms with van der Waals surface area (Å²) in [5.41, 5.74) is 5.72. The van der Waals surface area contributed by atoms with Crippen LogP contribution in [0, 0.1) is 17.8 Å². The van der Waals surface area contributed by atoms with Gasteiger partial charge in [-0.05, 0) is 125 Å². The fraction of sp³-hybridized carbons (Fsp3) is 0.567. The molecule has 2 bridgehead atoms. The predicted molar refractivity (Wildman–Crippen MR) is 524 cm³/mol. The van der Waals surface area contributed by atoms with Crippen molar-refractivity contribution in [3.05, 3.63) is 160 Å². The lowest BCUT2D eigenvalue weighted by Gasteiger charge is -2.58. The lowest BCUT2D eigenvalue weighted by molar-refractivity contribution is -0.265. The van der Waals surface area contributed by atoms with Crippen molar-refractivity contribution in [2.75, 3.05) is 122 Å². The number of benzene rings is 4. The number of alkyl carbamates (subject to hydrolysis) is 1. The summed E-state index contributed by atoms with van der Waals surface area (Å²) in [6.07, 6.45) is 0.286. The van der Waals surface area contributed by atoms with Crippen molar-refractivity contribution >= 4 is 137 Å². The average Bonchev–Trinajstić information content (AvgIpc) is 1.49. The number of hydrogen-bond acceptors (Lipinski definition) is 30. The number of nitrogens with one attached hydrogen (secondary N) is 8. The first kappa shape index (κ1) is 111. The van der Waals surface area contributed by atoms with Crippen LogP contribution in [0.15, 0.2) is 127 Å². The average molecular weight is 2020 g/mol. The summed E-state index contributed by atoms with van der Waals surface area (Å²) < 4.78 is 53.8. The molecule has 138 heavy (non-hydrogen) atoms. The number of fused-ring (bicyclic) bond motifs is 5. The molecule has 756 valence electrons. The van der Waals surface area contributed by atoms with Gasteiger partial charge in [-0.15, -0.1) is 0 Å². The molecule has 10 rings (SSSR count). The van der Waals surface area contributed by atoms with Crippen LogP contribution in [0.4, 0.5) is 10.5 Å². The fourth-order valence-corrected chi connectivity index (χ4v) is 22.0. The Morgan fingerprint density at radius 2 is 1.41 bits per heavy atom. The first-order valence-electron chi connectivity index (χ1n) is 46.4. The smallest absolute Gasteiger partial charge is 0.409 e. The van der Waals surface area contributed by atoms with E-state index in [0.29, 0.717) is 66.4 Å². The quantitative estimate of drug-likeness (QED) is 0.0119. The van der Waals surface area contributed by atoms with Crippen molar-refractivity contribution in [3.8, 4) is 5.75 Å². The van der Waals surface area contributed by atoms with Crippen molar-refractivity contribution in [1.82, 2.24) is 47.4 Å². The molecule has 4 aromatic carbocycles. The van der Waals surface area contributed by atoms with Crippen LogP contribution in [0.2, 0.25) is 5.02 Å². The number of likely N-dealkylation sites (N-methyl/N-ethyl adjacent to an activating group) is 1. The number of nitrogens with zero attached hydrogens (tertiary/aromatic N) is 2. The number of allylic oxidation sites excluding steroid dienone is 4. The van der Waals surface area contributed by atoms with Crippen LogP contribution in [-0.4, -0.2) is 309 Å². The predicted octanol–water partition coefficient (Wildman–Crippen LogP) is 5.11. The fourth-order valence-electron chi connectivity index (χ4n) is 17.5. The SMILES string of the molecule is COc1cc2cc(c1Cl)N(C)C(=O)C[C@@]1(OC(=O)[C@H](C)N(C)C(=O)CCSSCCOCCOCCOCCOCCC(=O)N[C@H](Cc3ccccc3)C(=O)N[C@H]3CSSC[C@@H](C(=O)N[C@H](CO)[C@@H](C)O)NC(=O)[C@H]([C@@H](C)O)NC(=O)[C@H](CCCCN)NC(=O)[C@@H](CC4=CCc5ccccc54)NC(=O)[C@H](Cc4ccccc4)CC3=O)C3[C@H](OC(=O)N[C@@]3(O)[C@H](OC)/C=C/C=C(\C)C2)[C@@H](C)[C@@H]2O[C@]21C. The number of halogens is 1. The van der Waals surface area contributed by atoms with E-state index in [9.17, 15) is 58.8 Å². The van der Waals surface area contributed by atoms with E-state index in [-0.39, 0.29) is 114 Å². The molecule has 6 aliphatic rings. The zero-order valence-corrected chi connectivity index (χ0v) is 83.5. The normalized spacial score (nSPS) is 26.6. The molecule has 4 aromatic rings. The molecule has 1 saturated carbocycles. The molecule has 14 N–H and O–H groups in total. The Morgan fingerprint density at radius 3 is 2.08 bits per heavy atom. The molecule has 10 amide bonds. The molecule has 2 aliphatic carbocycles. The van der Waals surface area contributed by atoms with E-state index >= 15 is 19.2 Å². The minimum Gasteiger partial charge on any atom is -0.495 e. The van der Waals surface area contributed by atoms with Crippen LogP contribution in [0.3, 0.4) is 0 Å². The number of aliphatic hydroxyl groups excluding tert-OH is 3. The number of ether oxygens (including phenoxy) is 9. The maximum atomic E-state index is 15.4. The summed E-state index contributed by atoms with van der Waals surface area (Å²) in [7, 11) is 10.7. The number of amides is 10. The highest BCUT2D eigenvalue weighted by Gasteiger charge is 2.83. The zero-order valence-electron chi connectivity index (χ0n) is 79.5. The summed E-state index contributed by atoms with van der Waals surface area (Å²) >= 11 is 6.93. The van der Waals surface area contributed by atoms with Crippen LogP contribution < -0.4 is 57.9 Å². The summed E-state index contributed by atoms with van der Waals surface area (Å²) in [6, 6.07) is 17.8.